The van der Waals surface area contributed by atoms with Crippen LogP contribution < -0.4 is 10.2 Å². The highest BCUT2D eigenvalue weighted by atomic mass is 16.3. The van der Waals surface area contributed by atoms with Gasteiger partial charge in [0, 0.05) is 39.1 Å². The molecule has 1 aromatic heterocycles. The number of hydrogen-bond acceptors (Lipinski definition) is 3. The Morgan fingerprint density at radius 1 is 0.422 bits per heavy atom. The molecule has 11 rings (SSSR count). The first-order chi connectivity index (χ1) is 30.6. The summed E-state index contributed by atoms with van der Waals surface area (Å²) >= 11 is 0. The molecule has 8 aromatic carbocycles. The summed E-state index contributed by atoms with van der Waals surface area (Å²) in [5.74, 6) is 0. The quantitative estimate of drug-likeness (QED) is 0.187. The van der Waals surface area contributed by atoms with Gasteiger partial charge in [-0.25, -0.2) is 0 Å². The maximum atomic E-state index is 6.94. The lowest BCUT2D eigenvalue weighted by Gasteiger charge is -2.32. The molecule has 0 unspecified atom stereocenters. The van der Waals surface area contributed by atoms with E-state index in [1.54, 1.807) is 0 Å². The molecule has 0 saturated carbocycles. The molecule has 0 radical (unpaired) electrons. The van der Waals surface area contributed by atoms with Crippen molar-refractivity contribution < 1.29 is 4.42 Å². The van der Waals surface area contributed by atoms with Gasteiger partial charge in [-0.05, 0) is 133 Å². The van der Waals surface area contributed by atoms with E-state index in [4.69, 9.17) is 4.42 Å². The molecule has 3 heteroatoms. The SMILES string of the molecule is CC(C)(C)c1ccc(Nc2c3c(cc4c2oc2ccccc24)C2(c4ccccc4-c4ccccc42)c2cc(N(c4ccc(C(C)(C)C)cc4)c4ccc(C(C)(C)C)cc4)ccc2-3)cc1. The average Bonchev–Trinajstić information content (AvgIpc) is 3.90. The highest BCUT2D eigenvalue weighted by molar-refractivity contribution is 6.16. The Labute approximate surface area is 378 Å². The van der Waals surface area contributed by atoms with Crippen molar-refractivity contribution in [1.29, 1.82) is 0 Å². The van der Waals surface area contributed by atoms with Crippen LogP contribution in [0, 0.1) is 0 Å². The third-order valence-electron chi connectivity index (χ3n) is 14.0. The molecule has 1 spiro atoms. The number of para-hydroxylation sites is 1. The van der Waals surface area contributed by atoms with Crippen molar-refractivity contribution in [2.75, 3.05) is 10.2 Å². The number of benzene rings is 8. The van der Waals surface area contributed by atoms with Crippen LogP contribution in [0.25, 0.3) is 44.2 Å². The van der Waals surface area contributed by atoms with Crippen LogP contribution in [-0.2, 0) is 21.7 Å². The minimum absolute atomic E-state index is 0.0393. The molecule has 0 saturated heterocycles. The monoisotopic (exact) mass is 832 g/mol. The van der Waals surface area contributed by atoms with Gasteiger partial charge in [-0.1, -0.05) is 172 Å². The summed E-state index contributed by atoms with van der Waals surface area (Å²) in [5, 5.41) is 6.22. The molecule has 2 aliphatic rings. The molecular weight excluding hydrogens is 777 g/mol. The summed E-state index contributed by atoms with van der Waals surface area (Å²) in [4.78, 5) is 2.44. The van der Waals surface area contributed by atoms with E-state index in [9.17, 15) is 0 Å². The van der Waals surface area contributed by atoms with E-state index in [2.05, 4.69) is 242 Å². The predicted molar refractivity (Wildman–Crippen MR) is 271 cm³/mol. The van der Waals surface area contributed by atoms with Gasteiger partial charge in [0.25, 0.3) is 0 Å². The molecule has 316 valence electrons. The zero-order valence-electron chi connectivity index (χ0n) is 38.5. The van der Waals surface area contributed by atoms with Crippen molar-refractivity contribution in [3.63, 3.8) is 0 Å². The molecule has 0 amide bonds. The lowest BCUT2D eigenvalue weighted by atomic mass is 9.70. The van der Waals surface area contributed by atoms with Crippen molar-refractivity contribution in [2.45, 2.75) is 84.0 Å². The van der Waals surface area contributed by atoms with E-state index in [1.807, 2.05) is 0 Å². The second-order valence-corrected chi connectivity index (χ2v) is 21.1. The minimum atomic E-state index is -0.606. The van der Waals surface area contributed by atoms with Crippen LogP contribution in [-0.4, -0.2) is 0 Å². The van der Waals surface area contributed by atoms with Gasteiger partial charge in [0.2, 0.25) is 0 Å². The van der Waals surface area contributed by atoms with Crippen LogP contribution in [0.5, 0.6) is 0 Å². The normalized spacial score (nSPS) is 13.8. The summed E-state index contributed by atoms with van der Waals surface area (Å²) in [6.07, 6.45) is 0. The molecule has 2 aliphatic carbocycles. The van der Waals surface area contributed by atoms with E-state index >= 15 is 0 Å². The maximum absolute atomic E-state index is 6.94. The van der Waals surface area contributed by atoms with E-state index in [0.29, 0.717) is 0 Å². The van der Waals surface area contributed by atoms with Crippen molar-refractivity contribution in [3.05, 3.63) is 209 Å². The Bertz CT molecular complexity index is 3170. The Kier molecular flexibility index (Phi) is 8.79. The molecule has 0 fully saturated rings. The summed E-state index contributed by atoms with van der Waals surface area (Å²) in [5.41, 5.74) is 20.6. The van der Waals surface area contributed by atoms with Crippen molar-refractivity contribution in [1.82, 2.24) is 0 Å². The van der Waals surface area contributed by atoms with Crippen LogP contribution in [0.2, 0.25) is 0 Å². The lowest BCUT2D eigenvalue weighted by molar-refractivity contribution is 0.590. The molecule has 1 N–H and O–H groups in total. The van der Waals surface area contributed by atoms with Crippen LogP contribution in [0.4, 0.5) is 28.4 Å². The number of nitrogens with zero attached hydrogens (tertiary/aromatic N) is 1. The van der Waals surface area contributed by atoms with Crippen molar-refractivity contribution in [3.8, 4) is 22.3 Å². The second-order valence-electron chi connectivity index (χ2n) is 21.1. The molecule has 64 heavy (non-hydrogen) atoms. The van der Waals surface area contributed by atoms with Crippen LogP contribution in [0.1, 0.15) is 101 Å². The Hall–Kier alpha value is -6.84. The first kappa shape index (κ1) is 40.0. The summed E-state index contributed by atoms with van der Waals surface area (Å²) < 4.78 is 6.94. The number of fused-ring (bicyclic) bond motifs is 13. The summed E-state index contributed by atoms with van der Waals surface area (Å²) in [6, 6.07) is 63.6. The van der Waals surface area contributed by atoms with Crippen molar-refractivity contribution in [2.24, 2.45) is 0 Å². The number of hydrogen-bond donors (Lipinski definition) is 1. The molecular formula is C61H56N2O. The first-order valence-corrected chi connectivity index (χ1v) is 22.8. The van der Waals surface area contributed by atoms with Gasteiger partial charge < -0.3 is 14.6 Å². The van der Waals surface area contributed by atoms with Gasteiger partial charge in [-0.2, -0.15) is 0 Å². The Balaban J connectivity index is 1.22. The number of rotatable bonds is 5. The van der Waals surface area contributed by atoms with E-state index < -0.39 is 5.41 Å². The molecule has 9 aromatic rings. The largest absolute Gasteiger partial charge is 0.454 e. The predicted octanol–water partition coefficient (Wildman–Crippen LogP) is 17.0. The molecule has 0 atom stereocenters. The molecule has 0 aliphatic heterocycles. The van der Waals surface area contributed by atoms with Crippen LogP contribution >= 0.6 is 0 Å². The molecule has 1 heterocycles. The lowest BCUT2D eigenvalue weighted by Crippen LogP contribution is -2.26. The van der Waals surface area contributed by atoms with E-state index in [1.165, 1.54) is 61.2 Å². The zero-order valence-corrected chi connectivity index (χ0v) is 38.5. The van der Waals surface area contributed by atoms with Crippen molar-refractivity contribution >= 4 is 50.4 Å². The molecule has 0 bridgehead atoms. The van der Waals surface area contributed by atoms with Crippen LogP contribution in [0.15, 0.2) is 174 Å². The number of anilines is 5. The van der Waals surface area contributed by atoms with Gasteiger partial charge in [-0.3, -0.25) is 0 Å². The van der Waals surface area contributed by atoms with Crippen LogP contribution in [0.3, 0.4) is 0 Å². The third-order valence-corrected chi connectivity index (χ3v) is 14.0. The van der Waals surface area contributed by atoms with Gasteiger partial charge in [-0.15, -0.1) is 0 Å². The fourth-order valence-corrected chi connectivity index (χ4v) is 10.6. The number of furan rings is 1. The minimum Gasteiger partial charge on any atom is -0.454 e. The average molecular weight is 833 g/mol. The smallest absolute Gasteiger partial charge is 0.159 e. The van der Waals surface area contributed by atoms with Gasteiger partial charge in [0.15, 0.2) is 5.58 Å². The van der Waals surface area contributed by atoms with E-state index in [0.717, 1.165) is 50.4 Å². The highest BCUT2D eigenvalue weighted by Crippen LogP contribution is 2.66. The number of nitrogens with one attached hydrogen (secondary N) is 1. The van der Waals surface area contributed by atoms with Gasteiger partial charge >= 0.3 is 0 Å². The van der Waals surface area contributed by atoms with E-state index in [-0.39, 0.29) is 16.2 Å². The second kappa shape index (κ2) is 14.1. The topological polar surface area (TPSA) is 28.4 Å². The van der Waals surface area contributed by atoms with Gasteiger partial charge in [0.1, 0.15) is 5.58 Å². The van der Waals surface area contributed by atoms with Gasteiger partial charge in [0.05, 0.1) is 11.1 Å². The summed E-state index contributed by atoms with van der Waals surface area (Å²) in [6.45, 7) is 20.5. The Morgan fingerprint density at radius 3 is 1.45 bits per heavy atom. The summed E-state index contributed by atoms with van der Waals surface area (Å²) in [7, 11) is 0. The highest BCUT2D eigenvalue weighted by Gasteiger charge is 2.53. The Morgan fingerprint density at radius 2 is 0.906 bits per heavy atom. The molecule has 3 nitrogen and oxygen atoms in total. The zero-order chi connectivity index (χ0) is 44.3. The first-order valence-electron chi connectivity index (χ1n) is 22.8. The third kappa shape index (κ3) is 6.08. The fraction of sp³-hybridized carbons (Fsp3) is 0.213. The maximum Gasteiger partial charge on any atom is 0.159 e. The fourth-order valence-electron chi connectivity index (χ4n) is 10.6. The standard InChI is InChI=1S/C61H56N2O/c1-58(2,3)38-22-28-41(29-23-38)62-56-55-48-35-34-44(63(42-30-24-39(25-31-42)59(4,5)6)43-32-26-40(27-33-43)60(7,8)9)36-52(48)61(50-19-13-10-16-45(50)46-17-11-14-20-51(46)61)53(55)37-49-47-18-12-15-21-54(47)64-57(49)56/h10-37,62H,1-9H3.